The first-order chi connectivity index (χ1) is 11.7. The number of furan rings is 1. The number of methoxy groups -OCH3 is 1. The van der Waals surface area contributed by atoms with E-state index in [1.807, 2.05) is 30.3 Å². The normalized spacial score (nSPS) is 13.6. The first-order valence-electron chi connectivity index (χ1n) is 8.30. The molecule has 124 valence electrons. The zero-order chi connectivity index (χ0) is 16.5. The van der Waals surface area contributed by atoms with Crippen molar-refractivity contribution < 1.29 is 9.15 Å². The quantitative estimate of drug-likeness (QED) is 0.766. The van der Waals surface area contributed by atoms with Crippen molar-refractivity contribution >= 4 is 11.6 Å². The number of imidazole rings is 1. The first-order valence-corrected chi connectivity index (χ1v) is 8.30. The second-order valence-corrected chi connectivity index (χ2v) is 6.12. The van der Waals surface area contributed by atoms with E-state index in [0.29, 0.717) is 0 Å². The van der Waals surface area contributed by atoms with Gasteiger partial charge in [0.1, 0.15) is 17.8 Å². The van der Waals surface area contributed by atoms with Crippen LogP contribution in [0.25, 0.3) is 11.3 Å². The Bertz CT molecular complexity index is 846. The van der Waals surface area contributed by atoms with Gasteiger partial charge < -0.3 is 19.0 Å². The van der Waals surface area contributed by atoms with Crippen LogP contribution >= 0.6 is 0 Å². The maximum Gasteiger partial charge on any atom is 0.197 e. The van der Waals surface area contributed by atoms with E-state index in [-0.39, 0.29) is 0 Å². The molecule has 0 aliphatic carbocycles. The predicted octanol–water partition coefficient (Wildman–Crippen LogP) is 4.54. The summed E-state index contributed by atoms with van der Waals surface area (Å²) in [5.41, 5.74) is 4.29. The van der Waals surface area contributed by atoms with Crippen molar-refractivity contribution in [2.45, 2.75) is 32.7 Å². The van der Waals surface area contributed by atoms with Gasteiger partial charge in [-0.1, -0.05) is 0 Å². The SMILES string of the molecule is COc1ccc(Nc2cc(-c3c(C)nc4n3CCCC4)co2)cc1. The molecule has 1 aromatic carbocycles. The summed E-state index contributed by atoms with van der Waals surface area (Å²) in [7, 11) is 1.66. The molecule has 0 amide bonds. The molecule has 4 rings (SSSR count). The smallest absolute Gasteiger partial charge is 0.197 e. The second kappa shape index (κ2) is 6.07. The van der Waals surface area contributed by atoms with Crippen molar-refractivity contribution in [3.8, 4) is 17.0 Å². The number of fused-ring (bicyclic) bond motifs is 1. The fourth-order valence-corrected chi connectivity index (χ4v) is 3.32. The van der Waals surface area contributed by atoms with Crippen LogP contribution in [-0.2, 0) is 13.0 Å². The molecule has 0 saturated heterocycles. The summed E-state index contributed by atoms with van der Waals surface area (Å²) < 4.78 is 13.2. The maximum atomic E-state index is 5.71. The van der Waals surface area contributed by atoms with E-state index >= 15 is 0 Å². The van der Waals surface area contributed by atoms with Crippen LogP contribution in [0, 0.1) is 6.92 Å². The number of anilines is 2. The minimum Gasteiger partial charge on any atom is -0.497 e. The van der Waals surface area contributed by atoms with Crippen LogP contribution < -0.4 is 10.1 Å². The highest BCUT2D eigenvalue weighted by Gasteiger charge is 2.20. The molecule has 1 aliphatic heterocycles. The van der Waals surface area contributed by atoms with Gasteiger partial charge in [0.2, 0.25) is 0 Å². The minimum atomic E-state index is 0.723. The first kappa shape index (κ1) is 14.9. The third-order valence-corrected chi connectivity index (χ3v) is 4.48. The highest BCUT2D eigenvalue weighted by Crippen LogP contribution is 2.32. The van der Waals surface area contributed by atoms with E-state index in [4.69, 9.17) is 14.1 Å². The van der Waals surface area contributed by atoms with Gasteiger partial charge in [0, 0.05) is 30.3 Å². The van der Waals surface area contributed by atoms with E-state index < -0.39 is 0 Å². The molecule has 0 spiro atoms. The summed E-state index contributed by atoms with van der Waals surface area (Å²) in [5.74, 6) is 2.75. The van der Waals surface area contributed by atoms with E-state index in [2.05, 4.69) is 16.8 Å². The minimum absolute atomic E-state index is 0.723. The van der Waals surface area contributed by atoms with Gasteiger partial charge >= 0.3 is 0 Å². The van der Waals surface area contributed by atoms with Gasteiger partial charge in [-0.2, -0.15) is 0 Å². The van der Waals surface area contributed by atoms with E-state index in [0.717, 1.165) is 41.5 Å². The van der Waals surface area contributed by atoms with Crippen LogP contribution in [0.5, 0.6) is 5.75 Å². The van der Waals surface area contributed by atoms with E-state index in [1.54, 1.807) is 13.4 Å². The van der Waals surface area contributed by atoms with Crippen molar-refractivity contribution in [3.63, 3.8) is 0 Å². The number of aromatic nitrogens is 2. The van der Waals surface area contributed by atoms with Crippen molar-refractivity contribution in [2.24, 2.45) is 0 Å². The van der Waals surface area contributed by atoms with Crippen molar-refractivity contribution in [3.05, 3.63) is 48.1 Å². The molecule has 1 N–H and O–H groups in total. The molecule has 0 atom stereocenters. The molecule has 3 heterocycles. The van der Waals surface area contributed by atoms with Gasteiger partial charge in [0.15, 0.2) is 5.88 Å². The number of aryl methyl sites for hydroxylation is 2. The molecule has 5 heteroatoms. The number of nitrogens with one attached hydrogen (secondary N) is 1. The lowest BCUT2D eigenvalue weighted by Gasteiger charge is -2.15. The van der Waals surface area contributed by atoms with Gasteiger partial charge in [-0.05, 0) is 44.0 Å². The fourth-order valence-electron chi connectivity index (χ4n) is 3.32. The predicted molar refractivity (Wildman–Crippen MR) is 93.9 cm³/mol. The molecule has 0 radical (unpaired) electrons. The largest absolute Gasteiger partial charge is 0.497 e. The van der Waals surface area contributed by atoms with Gasteiger partial charge in [-0.25, -0.2) is 4.98 Å². The lowest BCUT2D eigenvalue weighted by Crippen LogP contribution is -2.11. The Kier molecular flexibility index (Phi) is 3.76. The number of hydrogen-bond acceptors (Lipinski definition) is 4. The van der Waals surface area contributed by atoms with Crippen LogP contribution in [0.3, 0.4) is 0 Å². The van der Waals surface area contributed by atoms with Crippen LogP contribution in [0.15, 0.2) is 41.0 Å². The molecule has 2 aromatic heterocycles. The number of nitrogens with zero attached hydrogens (tertiary/aromatic N) is 2. The van der Waals surface area contributed by atoms with Crippen molar-refractivity contribution in [2.75, 3.05) is 12.4 Å². The van der Waals surface area contributed by atoms with Gasteiger partial charge in [-0.15, -0.1) is 0 Å². The molecule has 3 aromatic rings. The Hall–Kier alpha value is -2.69. The molecule has 0 bridgehead atoms. The van der Waals surface area contributed by atoms with Gasteiger partial charge in [-0.3, -0.25) is 0 Å². The number of rotatable bonds is 4. The number of ether oxygens (including phenoxy) is 1. The Morgan fingerprint density at radius 3 is 2.83 bits per heavy atom. The highest BCUT2D eigenvalue weighted by atomic mass is 16.5. The van der Waals surface area contributed by atoms with Crippen molar-refractivity contribution in [1.82, 2.24) is 9.55 Å². The van der Waals surface area contributed by atoms with Crippen LogP contribution in [0.1, 0.15) is 24.4 Å². The number of benzene rings is 1. The zero-order valence-electron chi connectivity index (χ0n) is 14.0. The van der Waals surface area contributed by atoms with E-state index in [9.17, 15) is 0 Å². The molecule has 24 heavy (non-hydrogen) atoms. The Balaban J connectivity index is 1.60. The van der Waals surface area contributed by atoms with Crippen molar-refractivity contribution in [1.29, 1.82) is 0 Å². The summed E-state index contributed by atoms with van der Waals surface area (Å²) in [4.78, 5) is 4.73. The highest BCUT2D eigenvalue weighted by molar-refractivity contribution is 5.68. The molecular formula is C19H21N3O2. The topological polar surface area (TPSA) is 52.2 Å². The molecule has 1 aliphatic rings. The molecule has 0 saturated carbocycles. The summed E-state index contributed by atoms with van der Waals surface area (Å²) in [6.07, 6.45) is 5.31. The average Bonchev–Trinajstić information content (AvgIpc) is 3.18. The third kappa shape index (κ3) is 2.66. The average molecular weight is 323 g/mol. The summed E-state index contributed by atoms with van der Waals surface area (Å²) in [5, 5.41) is 3.29. The second-order valence-electron chi connectivity index (χ2n) is 6.12. The van der Waals surface area contributed by atoms with Crippen LogP contribution in [-0.4, -0.2) is 16.7 Å². The summed E-state index contributed by atoms with van der Waals surface area (Å²) >= 11 is 0. The lowest BCUT2D eigenvalue weighted by molar-refractivity contribution is 0.415. The number of hydrogen-bond donors (Lipinski definition) is 1. The lowest BCUT2D eigenvalue weighted by atomic mass is 10.1. The van der Waals surface area contributed by atoms with Crippen LogP contribution in [0.2, 0.25) is 0 Å². The van der Waals surface area contributed by atoms with E-state index in [1.165, 1.54) is 24.4 Å². The van der Waals surface area contributed by atoms with Crippen LogP contribution in [0.4, 0.5) is 11.6 Å². The fraction of sp³-hybridized carbons (Fsp3) is 0.316. The summed E-state index contributed by atoms with van der Waals surface area (Å²) in [6, 6.07) is 9.81. The Labute approximate surface area is 141 Å². The molecular weight excluding hydrogens is 302 g/mol. The maximum absolute atomic E-state index is 5.71. The Morgan fingerprint density at radius 2 is 2.04 bits per heavy atom. The molecule has 0 unspecified atom stereocenters. The summed E-state index contributed by atoms with van der Waals surface area (Å²) in [6.45, 7) is 3.11. The van der Waals surface area contributed by atoms with Gasteiger partial charge in [0.25, 0.3) is 0 Å². The van der Waals surface area contributed by atoms with Gasteiger partial charge in [0.05, 0.1) is 18.5 Å². The Morgan fingerprint density at radius 1 is 1.21 bits per heavy atom. The third-order valence-electron chi connectivity index (χ3n) is 4.48. The monoisotopic (exact) mass is 323 g/mol. The zero-order valence-corrected chi connectivity index (χ0v) is 14.0. The molecule has 0 fully saturated rings. The molecule has 5 nitrogen and oxygen atoms in total. The standard InChI is InChI=1S/C19H21N3O2/c1-13-19(22-10-4-3-5-17(22)20-13)14-11-18(24-12-14)21-15-6-8-16(23-2)9-7-15/h6-9,11-12,21H,3-5,10H2,1-2H3.